The number of thiazole rings is 1. The lowest BCUT2D eigenvalue weighted by molar-refractivity contribution is 0.0275. The first-order valence-electron chi connectivity index (χ1n) is 8.75. The number of urea groups is 1. The van der Waals surface area contributed by atoms with Crippen molar-refractivity contribution in [3.63, 3.8) is 0 Å². The van der Waals surface area contributed by atoms with Crippen molar-refractivity contribution in [2.75, 3.05) is 6.54 Å². The van der Waals surface area contributed by atoms with Crippen molar-refractivity contribution in [3.05, 3.63) is 16.1 Å². The van der Waals surface area contributed by atoms with Gasteiger partial charge in [0.15, 0.2) is 0 Å². The molecule has 2 saturated carbocycles. The van der Waals surface area contributed by atoms with E-state index in [1.807, 2.05) is 13.1 Å². The van der Waals surface area contributed by atoms with E-state index in [0.29, 0.717) is 12.5 Å². The van der Waals surface area contributed by atoms with Crippen LogP contribution in [0, 0.1) is 12.8 Å². The van der Waals surface area contributed by atoms with Crippen LogP contribution >= 0.6 is 11.3 Å². The van der Waals surface area contributed by atoms with Gasteiger partial charge < -0.3 is 15.7 Å². The monoisotopic (exact) mass is 337 g/mol. The van der Waals surface area contributed by atoms with Crippen LogP contribution in [-0.4, -0.2) is 28.3 Å². The van der Waals surface area contributed by atoms with Crippen molar-refractivity contribution in [1.29, 1.82) is 0 Å². The van der Waals surface area contributed by atoms with Gasteiger partial charge in [0, 0.05) is 17.6 Å². The molecule has 5 nitrogen and oxygen atoms in total. The van der Waals surface area contributed by atoms with Crippen LogP contribution in [0.15, 0.2) is 6.20 Å². The topological polar surface area (TPSA) is 74.2 Å². The molecule has 0 spiro atoms. The number of nitrogens with one attached hydrogen (secondary N) is 2. The van der Waals surface area contributed by atoms with E-state index >= 15 is 0 Å². The molecular weight excluding hydrogens is 310 g/mol. The molecule has 23 heavy (non-hydrogen) atoms. The number of amides is 2. The van der Waals surface area contributed by atoms with E-state index in [2.05, 4.69) is 15.6 Å². The van der Waals surface area contributed by atoms with Crippen LogP contribution in [-0.2, 0) is 0 Å². The molecule has 2 aliphatic carbocycles. The summed E-state index contributed by atoms with van der Waals surface area (Å²) in [6.45, 7) is 2.37. The van der Waals surface area contributed by atoms with Gasteiger partial charge in [0.1, 0.15) is 5.01 Å². The lowest BCUT2D eigenvalue weighted by atomic mass is 9.94. The first-order valence-corrected chi connectivity index (χ1v) is 9.56. The summed E-state index contributed by atoms with van der Waals surface area (Å²) in [5, 5.41) is 17.6. The third-order valence-corrected chi connectivity index (χ3v) is 5.89. The first kappa shape index (κ1) is 16.7. The van der Waals surface area contributed by atoms with Gasteiger partial charge in [-0.05, 0) is 38.5 Å². The number of aryl methyl sites for hydroxylation is 1. The number of aliphatic hydroxyl groups is 1. The fraction of sp³-hybridized carbons (Fsp3) is 0.765. The normalized spacial score (nSPS) is 22.2. The Balaban J connectivity index is 1.53. The first-order chi connectivity index (χ1) is 11.1. The minimum atomic E-state index is -0.735. The lowest BCUT2D eigenvalue weighted by Crippen LogP contribution is -2.47. The average Bonchev–Trinajstić information content (AvgIpc) is 3.30. The molecule has 2 amide bonds. The van der Waals surface area contributed by atoms with E-state index < -0.39 is 5.60 Å². The highest BCUT2D eigenvalue weighted by Crippen LogP contribution is 2.42. The number of hydrogen-bond donors (Lipinski definition) is 3. The Hall–Kier alpha value is -1.14. The van der Waals surface area contributed by atoms with E-state index in [9.17, 15) is 9.90 Å². The van der Waals surface area contributed by atoms with Crippen molar-refractivity contribution in [1.82, 2.24) is 15.6 Å². The second-order valence-electron chi connectivity index (χ2n) is 7.09. The molecule has 0 saturated heterocycles. The molecular formula is C17H27N3O2S. The summed E-state index contributed by atoms with van der Waals surface area (Å²) in [6.07, 6.45) is 10.2. The van der Waals surface area contributed by atoms with Gasteiger partial charge in [-0.25, -0.2) is 9.78 Å². The highest BCUT2D eigenvalue weighted by atomic mass is 32.1. The summed E-state index contributed by atoms with van der Waals surface area (Å²) in [7, 11) is 0. The molecule has 1 heterocycles. The van der Waals surface area contributed by atoms with Gasteiger partial charge in [-0.1, -0.05) is 25.7 Å². The van der Waals surface area contributed by atoms with Crippen LogP contribution in [0.2, 0.25) is 0 Å². The van der Waals surface area contributed by atoms with Gasteiger partial charge in [-0.2, -0.15) is 0 Å². The summed E-state index contributed by atoms with van der Waals surface area (Å²) in [6, 6.07) is -0.176. The van der Waals surface area contributed by atoms with Crippen LogP contribution in [0.3, 0.4) is 0 Å². The molecule has 0 aliphatic heterocycles. The van der Waals surface area contributed by atoms with Gasteiger partial charge >= 0.3 is 6.03 Å². The molecule has 0 unspecified atom stereocenters. The SMILES string of the molecule is Cc1cnc([C@H](NC(=O)NCC2(O)CCCCCC2)C2CC2)s1. The van der Waals surface area contributed by atoms with Crippen LogP contribution in [0.1, 0.15) is 67.3 Å². The second kappa shape index (κ2) is 7.18. The van der Waals surface area contributed by atoms with Crippen molar-refractivity contribution < 1.29 is 9.90 Å². The predicted molar refractivity (Wildman–Crippen MR) is 91.5 cm³/mol. The summed E-state index contributed by atoms with van der Waals surface area (Å²) in [5.41, 5.74) is -0.735. The predicted octanol–water partition coefficient (Wildman–Crippen LogP) is 3.29. The van der Waals surface area contributed by atoms with Gasteiger partial charge in [0.05, 0.1) is 11.6 Å². The van der Waals surface area contributed by atoms with Crippen LogP contribution in [0.4, 0.5) is 4.79 Å². The number of nitrogens with zero attached hydrogens (tertiary/aromatic N) is 1. The van der Waals surface area contributed by atoms with Crippen molar-refractivity contribution in [3.8, 4) is 0 Å². The molecule has 0 radical (unpaired) electrons. The van der Waals surface area contributed by atoms with Crippen LogP contribution in [0.5, 0.6) is 0 Å². The maximum Gasteiger partial charge on any atom is 0.315 e. The highest BCUT2D eigenvalue weighted by molar-refractivity contribution is 7.11. The summed E-state index contributed by atoms with van der Waals surface area (Å²) >= 11 is 1.65. The summed E-state index contributed by atoms with van der Waals surface area (Å²) in [5.74, 6) is 0.507. The molecule has 2 fully saturated rings. The Bertz CT molecular complexity index is 534. The van der Waals surface area contributed by atoms with Crippen LogP contribution in [0.25, 0.3) is 0 Å². The minimum absolute atomic E-state index is 0.0116. The minimum Gasteiger partial charge on any atom is -0.388 e. The Morgan fingerprint density at radius 2 is 2.09 bits per heavy atom. The molecule has 1 aromatic heterocycles. The molecule has 3 N–H and O–H groups in total. The number of hydrogen-bond acceptors (Lipinski definition) is 4. The van der Waals surface area contributed by atoms with E-state index in [4.69, 9.17) is 0 Å². The number of carbonyl (C=O) groups excluding carboxylic acids is 1. The largest absolute Gasteiger partial charge is 0.388 e. The fourth-order valence-electron chi connectivity index (χ4n) is 3.33. The van der Waals surface area contributed by atoms with Crippen LogP contribution < -0.4 is 10.6 Å². The number of rotatable bonds is 5. The quantitative estimate of drug-likeness (QED) is 0.722. The van der Waals surface area contributed by atoms with Crippen molar-refractivity contribution in [2.45, 2.75) is 69.9 Å². The Labute approximate surface area is 141 Å². The zero-order valence-electron chi connectivity index (χ0n) is 13.8. The zero-order valence-corrected chi connectivity index (χ0v) is 14.6. The number of carbonyl (C=O) groups is 1. The van der Waals surface area contributed by atoms with E-state index in [-0.39, 0.29) is 12.1 Å². The van der Waals surface area contributed by atoms with Gasteiger partial charge in [0.25, 0.3) is 0 Å². The molecule has 0 bridgehead atoms. The van der Waals surface area contributed by atoms with E-state index in [1.165, 1.54) is 17.7 Å². The summed E-state index contributed by atoms with van der Waals surface area (Å²) in [4.78, 5) is 17.9. The molecule has 0 aromatic carbocycles. The summed E-state index contributed by atoms with van der Waals surface area (Å²) < 4.78 is 0. The molecule has 128 valence electrons. The van der Waals surface area contributed by atoms with E-state index in [0.717, 1.165) is 43.5 Å². The molecule has 1 aromatic rings. The Kier molecular flexibility index (Phi) is 5.21. The standard InChI is InChI=1S/C17H27N3O2S/c1-12-10-18-15(23-12)14(13-6-7-13)20-16(21)19-11-17(22)8-4-2-3-5-9-17/h10,13-14,22H,2-9,11H2,1H3,(H2,19,20,21)/t14-/m1/s1. The molecule has 6 heteroatoms. The Morgan fingerprint density at radius 3 is 2.65 bits per heavy atom. The third-order valence-electron chi connectivity index (χ3n) is 4.90. The van der Waals surface area contributed by atoms with Gasteiger partial charge in [-0.3, -0.25) is 0 Å². The molecule has 3 rings (SSSR count). The average molecular weight is 337 g/mol. The van der Waals surface area contributed by atoms with Crippen molar-refractivity contribution in [2.24, 2.45) is 5.92 Å². The maximum atomic E-state index is 12.3. The lowest BCUT2D eigenvalue weighted by Gasteiger charge is -2.27. The highest BCUT2D eigenvalue weighted by Gasteiger charge is 2.36. The second-order valence-corrected chi connectivity index (χ2v) is 8.36. The van der Waals surface area contributed by atoms with Gasteiger partial charge in [-0.15, -0.1) is 11.3 Å². The fourth-order valence-corrected chi connectivity index (χ4v) is 4.25. The third kappa shape index (κ3) is 4.67. The van der Waals surface area contributed by atoms with Gasteiger partial charge in [0.2, 0.25) is 0 Å². The smallest absolute Gasteiger partial charge is 0.315 e. The number of aromatic nitrogens is 1. The molecule has 2 aliphatic rings. The van der Waals surface area contributed by atoms with Crippen molar-refractivity contribution >= 4 is 17.4 Å². The van der Waals surface area contributed by atoms with E-state index in [1.54, 1.807) is 11.3 Å². The zero-order chi connectivity index (χ0) is 16.3. The maximum absolute atomic E-state index is 12.3. The Morgan fingerprint density at radius 1 is 1.39 bits per heavy atom. The molecule has 1 atom stereocenters.